The van der Waals surface area contributed by atoms with Gasteiger partial charge in [0.15, 0.2) is 0 Å². The number of carbonyl (C=O) groups excluding carboxylic acids is 2. The van der Waals surface area contributed by atoms with Crippen LogP contribution < -0.4 is 10.7 Å². The predicted molar refractivity (Wildman–Crippen MR) is 73.7 cm³/mol. The SMILES string of the molecule is Cc1cc(C)c(NC(=O)C(=O)Nn2cnnc2)c(C)c1. The molecular formula is C13H15N5O2. The molecule has 1 aromatic heterocycles. The van der Waals surface area contributed by atoms with E-state index in [1.807, 2.05) is 32.9 Å². The Kier molecular flexibility index (Phi) is 3.79. The number of rotatable bonds is 2. The minimum absolute atomic E-state index is 0.652. The van der Waals surface area contributed by atoms with Gasteiger partial charge in [0.2, 0.25) is 0 Å². The van der Waals surface area contributed by atoms with Gasteiger partial charge < -0.3 is 5.32 Å². The lowest BCUT2D eigenvalue weighted by atomic mass is 10.1. The third-order valence-corrected chi connectivity index (χ3v) is 2.77. The van der Waals surface area contributed by atoms with Gasteiger partial charge >= 0.3 is 11.8 Å². The van der Waals surface area contributed by atoms with Gasteiger partial charge in [0, 0.05) is 5.69 Å². The van der Waals surface area contributed by atoms with Crippen molar-refractivity contribution in [2.24, 2.45) is 0 Å². The molecule has 2 aromatic rings. The van der Waals surface area contributed by atoms with E-state index >= 15 is 0 Å². The molecule has 1 aromatic carbocycles. The monoisotopic (exact) mass is 273 g/mol. The van der Waals surface area contributed by atoms with E-state index in [1.165, 1.54) is 17.3 Å². The molecular weight excluding hydrogens is 258 g/mol. The van der Waals surface area contributed by atoms with E-state index in [0.29, 0.717) is 5.69 Å². The standard InChI is InChI=1S/C13H15N5O2/c1-8-4-9(2)11(10(3)5-8)16-12(19)13(20)17-18-6-14-15-7-18/h4-7H,1-3H3,(H,16,19)(H,17,20). The first-order valence-electron chi connectivity index (χ1n) is 6.02. The third-order valence-electron chi connectivity index (χ3n) is 2.77. The third kappa shape index (κ3) is 3.00. The fraction of sp³-hybridized carbons (Fsp3) is 0.231. The first-order chi connectivity index (χ1) is 9.47. The highest BCUT2D eigenvalue weighted by Crippen LogP contribution is 2.21. The number of nitrogens with zero attached hydrogens (tertiary/aromatic N) is 3. The summed E-state index contributed by atoms with van der Waals surface area (Å²) in [5.41, 5.74) is 5.91. The van der Waals surface area contributed by atoms with Gasteiger partial charge in [0.1, 0.15) is 12.7 Å². The summed E-state index contributed by atoms with van der Waals surface area (Å²) in [7, 11) is 0. The quantitative estimate of drug-likeness (QED) is 0.796. The van der Waals surface area contributed by atoms with E-state index < -0.39 is 11.8 Å². The maximum Gasteiger partial charge on any atom is 0.328 e. The number of aromatic nitrogens is 3. The maximum atomic E-state index is 11.9. The summed E-state index contributed by atoms with van der Waals surface area (Å²) in [6.45, 7) is 5.74. The molecule has 0 aliphatic heterocycles. The van der Waals surface area contributed by atoms with Gasteiger partial charge in [-0.1, -0.05) is 17.7 Å². The molecule has 0 atom stereocenters. The van der Waals surface area contributed by atoms with Gasteiger partial charge in [-0.3, -0.25) is 15.0 Å². The van der Waals surface area contributed by atoms with Gasteiger partial charge in [-0.2, -0.15) is 0 Å². The van der Waals surface area contributed by atoms with Crippen molar-refractivity contribution in [3.63, 3.8) is 0 Å². The Morgan fingerprint density at radius 1 is 1.00 bits per heavy atom. The zero-order valence-electron chi connectivity index (χ0n) is 11.5. The Labute approximate surface area is 116 Å². The van der Waals surface area contributed by atoms with E-state index in [9.17, 15) is 9.59 Å². The van der Waals surface area contributed by atoms with E-state index in [0.717, 1.165) is 16.7 Å². The van der Waals surface area contributed by atoms with Crippen molar-refractivity contribution in [2.45, 2.75) is 20.8 Å². The molecule has 2 N–H and O–H groups in total. The van der Waals surface area contributed by atoms with Crippen LogP contribution in [0.4, 0.5) is 5.69 Å². The van der Waals surface area contributed by atoms with Crippen LogP contribution in [0.5, 0.6) is 0 Å². The summed E-state index contributed by atoms with van der Waals surface area (Å²) >= 11 is 0. The average molecular weight is 273 g/mol. The van der Waals surface area contributed by atoms with E-state index in [4.69, 9.17) is 0 Å². The normalized spacial score (nSPS) is 10.2. The molecule has 0 aliphatic rings. The van der Waals surface area contributed by atoms with Crippen molar-refractivity contribution in [2.75, 3.05) is 10.7 Å². The summed E-state index contributed by atoms with van der Waals surface area (Å²) in [5.74, 6) is -1.53. The van der Waals surface area contributed by atoms with Crippen LogP contribution in [-0.4, -0.2) is 26.7 Å². The van der Waals surface area contributed by atoms with Crippen LogP contribution in [0.15, 0.2) is 24.8 Å². The average Bonchev–Trinajstić information content (AvgIpc) is 2.86. The summed E-state index contributed by atoms with van der Waals surface area (Å²) in [5, 5.41) is 9.66. The topological polar surface area (TPSA) is 88.9 Å². The van der Waals surface area contributed by atoms with Gasteiger partial charge in [-0.05, 0) is 31.9 Å². The maximum absolute atomic E-state index is 11.9. The lowest BCUT2D eigenvalue weighted by Gasteiger charge is -2.12. The largest absolute Gasteiger partial charge is 0.328 e. The first kappa shape index (κ1) is 13.7. The van der Waals surface area contributed by atoms with Crippen molar-refractivity contribution in [1.82, 2.24) is 14.9 Å². The second kappa shape index (κ2) is 5.52. The van der Waals surface area contributed by atoms with Crippen LogP contribution in [0.1, 0.15) is 16.7 Å². The predicted octanol–water partition coefficient (Wildman–Crippen LogP) is 0.912. The van der Waals surface area contributed by atoms with Crippen LogP contribution in [0, 0.1) is 20.8 Å². The Morgan fingerprint density at radius 2 is 1.55 bits per heavy atom. The first-order valence-corrected chi connectivity index (χ1v) is 6.02. The highest BCUT2D eigenvalue weighted by atomic mass is 16.2. The number of hydrogen-bond acceptors (Lipinski definition) is 4. The Balaban J connectivity index is 2.10. The van der Waals surface area contributed by atoms with Crippen LogP contribution in [0.2, 0.25) is 0 Å². The van der Waals surface area contributed by atoms with E-state index in [2.05, 4.69) is 20.9 Å². The molecule has 104 valence electrons. The number of carbonyl (C=O) groups is 2. The number of aryl methyl sites for hydroxylation is 3. The fourth-order valence-electron chi connectivity index (χ4n) is 1.97. The second-order valence-electron chi connectivity index (χ2n) is 4.54. The Morgan fingerprint density at radius 3 is 2.10 bits per heavy atom. The minimum atomic E-state index is -0.788. The molecule has 1 heterocycles. The Bertz CT molecular complexity index is 626. The number of anilines is 1. The lowest BCUT2D eigenvalue weighted by molar-refractivity contribution is -0.133. The van der Waals surface area contributed by atoms with Gasteiger partial charge in [0.25, 0.3) is 0 Å². The molecule has 7 nitrogen and oxygen atoms in total. The number of amides is 2. The molecule has 0 unspecified atom stereocenters. The summed E-state index contributed by atoms with van der Waals surface area (Å²) in [6, 6.07) is 3.89. The molecule has 7 heteroatoms. The number of benzene rings is 1. The van der Waals surface area contributed by atoms with Crippen LogP contribution >= 0.6 is 0 Å². The number of hydrogen-bond donors (Lipinski definition) is 2. The smallest absolute Gasteiger partial charge is 0.317 e. The van der Waals surface area contributed by atoms with Crippen LogP contribution in [0.3, 0.4) is 0 Å². The summed E-state index contributed by atoms with van der Waals surface area (Å²) in [4.78, 5) is 23.6. The molecule has 0 saturated carbocycles. The summed E-state index contributed by atoms with van der Waals surface area (Å²) in [6.07, 6.45) is 2.57. The van der Waals surface area contributed by atoms with Gasteiger partial charge in [-0.15, -0.1) is 10.2 Å². The highest BCUT2D eigenvalue weighted by Gasteiger charge is 2.16. The molecule has 0 radical (unpaired) electrons. The van der Waals surface area contributed by atoms with Crippen LogP contribution in [0.25, 0.3) is 0 Å². The molecule has 0 bridgehead atoms. The van der Waals surface area contributed by atoms with Crippen molar-refractivity contribution in [3.8, 4) is 0 Å². The highest BCUT2D eigenvalue weighted by molar-refractivity contribution is 6.42. The van der Waals surface area contributed by atoms with Gasteiger partial charge in [0.05, 0.1) is 0 Å². The molecule has 0 saturated heterocycles. The second-order valence-corrected chi connectivity index (χ2v) is 4.54. The fourth-order valence-corrected chi connectivity index (χ4v) is 1.97. The van der Waals surface area contributed by atoms with Gasteiger partial charge in [-0.25, -0.2) is 4.68 Å². The molecule has 0 aliphatic carbocycles. The van der Waals surface area contributed by atoms with E-state index in [1.54, 1.807) is 0 Å². The molecule has 2 amide bonds. The van der Waals surface area contributed by atoms with Crippen molar-refractivity contribution in [3.05, 3.63) is 41.5 Å². The zero-order chi connectivity index (χ0) is 14.7. The molecule has 20 heavy (non-hydrogen) atoms. The zero-order valence-corrected chi connectivity index (χ0v) is 11.5. The van der Waals surface area contributed by atoms with Crippen molar-refractivity contribution >= 4 is 17.5 Å². The molecule has 2 rings (SSSR count). The minimum Gasteiger partial charge on any atom is -0.317 e. The molecule has 0 spiro atoms. The number of nitrogens with one attached hydrogen (secondary N) is 2. The van der Waals surface area contributed by atoms with Crippen molar-refractivity contribution < 1.29 is 9.59 Å². The Hall–Kier alpha value is -2.70. The van der Waals surface area contributed by atoms with Crippen LogP contribution in [-0.2, 0) is 9.59 Å². The lowest BCUT2D eigenvalue weighted by Crippen LogP contribution is -2.34. The molecule has 0 fully saturated rings. The van der Waals surface area contributed by atoms with Crippen molar-refractivity contribution in [1.29, 1.82) is 0 Å². The van der Waals surface area contributed by atoms with E-state index in [-0.39, 0.29) is 0 Å². The summed E-state index contributed by atoms with van der Waals surface area (Å²) < 4.78 is 1.21.